The van der Waals surface area contributed by atoms with Gasteiger partial charge in [0.05, 0.1) is 17.1 Å². The summed E-state index contributed by atoms with van der Waals surface area (Å²) in [5, 5.41) is 20.7. The lowest BCUT2D eigenvalue weighted by atomic mass is 9.73. The van der Waals surface area contributed by atoms with E-state index in [0.29, 0.717) is 0 Å². The van der Waals surface area contributed by atoms with Gasteiger partial charge < -0.3 is 19.7 Å². The molecule has 2 aromatic carbocycles. The van der Waals surface area contributed by atoms with Crippen molar-refractivity contribution >= 4 is 10.1 Å². The fraction of sp³-hybridized carbons (Fsp3) is 0.364. The van der Waals surface area contributed by atoms with E-state index in [1.165, 1.54) is 23.3 Å². The SMILES string of the molecule is O=S(=O)(O)c1ccccc1.O[C@H]1[C@H]2c3cc4c(cc3CN3CCC(=C[C@@H]1O)[C@H]23)OCO4. The second kappa shape index (κ2) is 7.61. The van der Waals surface area contributed by atoms with E-state index in [1.54, 1.807) is 18.2 Å². The third-order valence-electron chi connectivity index (χ3n) is 6.31. The molecule has 1 aliphatic carbocycles. The van der Waals surface area contributed by atoms with Gasteiger partial charge in [0.1, 0.15) is 0 Å². The molecule has 0 aromatic heterocycles. The largest absolute Gasteiger partial charge is 0.454 e. The number of nitrogens with zero attached hydrogens (tertiary/aromatic N) is 1. The van der Waals surface area contributed by atoms with Crippen LogP contribution in [-0.2, 0) is 16.7 Å². The highest BCUT2D eigenvalue weighted by atomic mass is 32.2. The number of benzene rings is 2. The van der Waals surface area contributed by atoms with Crippen molar-refractivity contribution in [3.63, 3.8) is 0 Å². The molecule has 8 nitrogen and oxygen atoms in total. The Morgan fingerprint density at radius 3 is 2.42 bits per heavy atom. The van der Waals surface area contributed by atoms with Gasteiger partial charge in [-0.15, -0.1) is 0 Å². The second-order valence-corrected chi connectivity index (χ2v) is 9.53. The first-order chi connectivity index (χ1) is 14.8. The van der Waals surface area contributed by atoms with Crippen LogP contribution in [0.1, 0.15) is 23.5 Å². The Morgan fingerprint density at radius 1 is 1.03 bits per heavy atom. The van der Waals surface area contributed by atoms with Crippen LogP contribution in [-0.4, -0.2) is 59.7 Å². The van der Waals surface area contributed by atoms with E-state index in [0.717, 1.165) is 36.6 Å². The molecular formula is C22H23NO7S. The second-order valence-electron chi connectivity index (χ2n) is 8.11. The summed E-state index contributed by atoms with van der Waals surface area (Å²) in [7, 11) is -4.00. The molecule has 9 heteroatoms. The Balaban J connectivity index is 0.000000174. The molecule has 0 saturated carbocycles. The summed E-state index contributed by atoms with van der Waals surface area (Å²) in [5.41, 5.74) is 3.54. The third-order valence-corrected chi connectivity index (χ3v) is 7.18. The number of aliphatic hydroxyl groups is 2. The van der Waals surface area contributed by atoms with Crippen LogP contribution < -0.4 is 9.47 Å². The van der Waals surface area contributed by atoms with Crippen molar-refractivity contribution in [2.24, 2.45) is 0 Å². The number of hydrogen-bond acceptors (Lipinski definition) is 7. The lowest BCUT2D eigenvalue weighted by molar-refractivity contribution is -0.00157. The smallest absolute Gasteiger partial charge is 0.294 e. The van der Waals surface area contributed by atoms with E-state index >= 15 is 0 Å². The number of rotatable bonds is 1. The lowest BCUT2D eigenvalue weighted by Crippen LogP contribution is -2.49. The lowest BCUT2D eigenvalue weighted by Gasteiger charge is -2.44. The molecule has 1 fully saturated rings. The molecule has 0 bridgehead atoms. The van der Waals surface area contributed by atoms with Gasteiger partial charge in [0.15, 0.2) is 11.5 Å². The Bertz CT molecular complexity index is 1130. The predicted molar refractivity (Wildman–Crippen MR) is 110 cm³/mol. The Labute approximate surface area is 180 Å². The zero-order chi connectivity index (χ0) is 21.8. The summed E-state index contributed by atoms with van der Waals surface area (Å²) in [6.07, 6.45) is 1.28. The standard InChI is InChI=1S/C16H17NO4.C6H6O3S/c18-11-3-8-1-2-17-6-9-4-12-13(21-7-20-12)5-10(9)14(15(8)17)16(11)19;7-10(8,9)6-4-2-1-3-5-6/h3-5,11,14-16,18-19H,1-2,6-7H2;1-5H,(H,7,8,9)/t11-,14-,15+,16+;/m0./s1. The summed E-state index contributed by atoms with van der Waals surface area (Å²) in [5.74, 6) is 1.45. The fourth-order valence-corrected chi connectivity index (χ4v) is 5.44. The maximum Gasteiger partial charge on any atom is 0.294 e. The number of hydrogen-bond donors (Lipinski definition) is 3. The van der Waals surface area contributed by atoms with Crippen LogP contribution in [0.4, 0.5) is 0 Å². The molecule has 31 heavy (non-hydrogen) atoms. The summed E-state index contributed by atoms with van der Waals surface area (Å²) >= 11 is 0. The molecule has 3 aliphatic heterocycles. The first-order valence-corrected chi connectivity index (χ1v) is 11.5. The Hall–Kier alpha value is -2.43. The van der Waals surface area contributed by atoms with Gasteiger partial charge in [-0.3, -0.25) is 9.45 Å². The van der Waals surface area contributed by atoms with Gasteiger partial charge in [-0.25, -0.2) is 0 Å². The van der Waals surface area contributed by atoms with Crippen LogP contribution >= 0.6 is 0 Å². The molecule has 4 aliphatic rings. The Kier molecular flexibility index (Phi) is 5.03. The molecule has 0 spiro atoms. The Morgan fingerprint density at radius 2 is 1.74 bits per heavy atom. The van der Waals surface area contributed by atoms with Gasteiger partial charge in [0, 0.05) is 25.0 Å². The van der Waals surface area contributed by atoms with E-state index in [9.17, 15) is 18.6 Å². The van der Waals surface area contributed by atoms with Crippen LogP contribution in [0.3, 0.4) is 0 Å². The van der Waals surface area contributed by atoms with Crippen molar-refractivity contribution in [2.45, 2.75) is 42.0 Å². The van der Waals surface area contributed by atoms with Crippen LogP contribution in [0.2, 0.25) is 0 Å². The molecular weight excluding hydrogens is 422 g/mol. The number of fused-ring (bicyclic) bond motifs is 3. The van der Waals surface area contributed by atoms with Crippen molar-refractivity contribution in [3.8, 4) is 11.5 Å². The van der Waals surface area contributed by atoms with E-state index in [1.807, 2.05) is 18.2 Å². The number of ether oxygens (including phenoxy) is 2. The minimum atomic E-state index is -4.00. The summed E-state index contributed by atoms with van der Waals surface area (Å²) in [4.78, 5) is 2.32. The quantitative estimate of drug-likeness (QED) is 0.449. The van der Waals surface area contributed by atoms with Crippen molar-refractivity contribution in [1.82, 2.24) is 4.90 Å². The maximum absolute atomic E-state index is 10.5. The minimum absolute atomic E-state index is 0.0741. The molecule has 2 aromatic rings. The highest BCUT2D eigenvalue weighted by molar-refractivity contribution is 7.85. The van der Waals surface area contributed by atoms with Gasteiger partial charge in [-0.05, 0) is 41.8 Å². The average Bonchev–Trinajstić information content (AvgIpc) is 3.37. The highest BCUT2D eigenvalue weighted by Crippen LogP contribution is 2.49. The molecule has 164 valence electrons. The fourth-order valence-electron chi connectivity index (χ4n) is 4.94. The van der Waals surface area contributed by atoms with Crippen LogP contribution in [0.25, 0.3) is 0 Å². The molecule has 0 radical (unpaired) electrons. The molecule has 3 N–H and O–H groups in total. The van der Waals surface area contributed by atoms with E-state index in [2.05, 4.69) is 4.90 Å². The topological polar surface area (TPSA) is 117 Å². The highest BCUT2D eigenvalue weighted by Gasteiger charge is 2.48. The average molecular weight is 445 g/mol. The van der Waals surface area contributed by atoms with Crippen molar-refractivity contribution < 1.29 is 32.7 Å². The third kappa shape index (κ3) is 3.62. The molecule has 0 unspecified atom stereocenters. The van der Waals surface area contributed by atoms with Gasteiger partial charge in [0.25, 0.3) is 10.1 Å². The monoisotopic (exact) mass is 445 g/mol. The van der Waals surface area contributed by atoms with Crippen molar-refractivity contribution in [2.75, 3.05) is 13.3 Å². The molecule has 6 rings (SSSR count). The first-order valence-electron chi connectivity index (χ1n) is 10.1. The summed E-state index contributed by atoms with van der Waals surface area (Å²) in [6, 6.07) is 11.7. The van der Waals surface area contributed by atoms with E-state index in [4.69, 9.17) is 14.0 Å². The number of aliphatic hydroxyl groups excluding tert-OH is 2. The molecule has 0 amide bonds. The van der Waals surface area contributed by atoms with Gasteiger partial charge in [0.2, 0.25) is 6.79 Å². The normalized spacial score (nSPS) is 28.2. The van der Waals surface area contributed by atoms with Crippen LogP contribution in [0.15, 0.2) is 59.0 Å². The first kappa shape index (κ1) is 20.5. The molecule has 3 heterocycles. The maximum atomic E-state index is 10.5. The zero-order valence-electron chi connectivity index (χ0n) is 16.6. The van der Waals surface area contributed by atoms with Gasteiger partial charge in [-0.2, -0.15) is 8.42 Å². The van der Waals surface area contributed by atoms with Gasteiger partial charge >= 0.3 is 0 Å². The van der Waals surface area contributed by atoms with Crippen molar-refractivity contribution in [1.29, 1.82) is 0 Å². The minimum Gasteiger partial charge on any atom is -0.454 e. The van der Waals surface area contributed by atoms with Crippen LogP contribution in [0.5, 0.6) is 11.5 Å². The van der Waals surface area contributed by atoms with E-state index in [-0.39, 0.29) is 23.6 Å². The predicted octanol–water partition coefficient (Wildman–Crippen LogP) is 1.68. The summed E-state index contributed by atoms with van der Waals surface area (Å²) in [6.45, 7) is 2.11. The van der Waals surface area contributed by atoms with E-state index < -0.39 is 22.3 Å². The molecule has 1 saturated heterocycles. The van der Waals surface area contributed by atoms with Crippen LogP contribution in [0, 0.1) is 0 Å². The zero-order valence-corrected chi connectivity index (χ0v) is 17.4. The van der Waals surface area contributed by atoms with Gasteiger partial charge in [-0.1, -0.05) is 29.8 Å². The summed E-state index contributed by atoms with van der Waals surface area (Å²) < 4.78 is 40.2. The molecule has 4 atom stereocenters. The van der Waals surface area contributed by atoms with Crippen molar-refractivity contribution in [3.05, 3.63) is 65.2 Å².